The van der Waals surface area contributed by atoms with Crippen LogP contribution in [0, 0.1) is 0 Å². The fourth-order valence-corrected chi connectivity index (χ4v) is 2.47. The minimum absolute atomic E-state index is 0.316. The Morgan fingerprint density at radius 3 is 2.52 bits per heavy atom. The second-order valence-electron chi connectivity index (χ2n) is 5.79. The lowest BCUT2D eigenvalue weighted by Crippen LogP contribution is -2.34. The van der Waals surface area contributed by atoms with Gasteiger partial charge in [0.05, 0.1) is 19.7 Å². The van der Waals surface area contributed by atoms with E-state index < -0.39 is 0 Å². The third kappa shape index (κ3) is 3.14. The van der Waals surface area contributed by atoms with Gasteiger partial charge < -0.3 is 19.9 Å². The molecule has 5 heteroatoms. The van der Waals surface area contributed by atoms with Gasteiger partial charge >= 0.3 is 0 Å². The van der Waals surface area contributed by atoms with Crippen molar-refractivity contribution in [2.24, 2.45) is 5.73 Å². The highest BCUT2D eigenvalue weighted by atomic mass is 16.5. The molecular weight excluding hydrogens is 292 g/mol. The van der Waals surface area contributed by atoms with Crippen LogP contribution in [0.1, 0.15) is 13.3 Å². The van der Waals surface area contributed by atoms with Crippen molar-refractivity contribution in [2.75, 3.05) is 14.2 Å². The van der Waals surface area contributed by atoms with Crippen LogP contribution in [0.5, 0.6) is 17.2 Å². The molecule has 1 aromatic carbocycles. The van der Waals surface area contributed by atoms with Gasteiger partial charge in [-0.15, -0.1) is 0 Å². The molecule has 2 N–H and O–H groups in total. The monoisotopic (exact) mass is 312 g/mol. The van der Waals surface area contributed by atoms with Gasteiger partial charge in [-0.25, -0.2) is 0 Å². The standard InChI is InChI=1S/C18H20N2O3/c1-18(19)7-4-12(5-8-18)23-15-6-9-20-14-11-17(22-3)16(21-2)10-13(14)15/h4-7,9-11H,8,19H2,1-3H3. The molecule has 0 radical (unpaired) electrons. The summed E-state index contributed by atoms with van der Waals surface area (Å²) in [5, 5.41) is 0.862. The molecule has 1 aliphatic carbocycles. The molecule has 1 aliphatic rings. The third-order valence-electron chi connectivity index (χ3n) is 3.81. The van der Waals surface area contributed by atoms with E-state index in [1.807, 2.05) is 43.4 Å². The number of pyridine rings is 1. The number of fused-ring (bicyclic) bond motifs is 1. The first-order valence-electron chi connectivity index (χ1n) is 7.39. The lowest BCUT2D eigenvalue weighted by Gasteiger charge is -2.22. The van der Waals surface area contributed by atoms with E-state index in [4.69, 9.17) is 19.9 Å². The smallest absolute Gasteiger partial charge is 0.162 e. The quantitative estimate of drug-likeness (QED) is 0.939. The van der Waals surface area contributed by atoms with Crippen LogP contribution >= 0.6 is 0 Å². The highest BCUT2D eigenvalue weighted by molar-refractivity contribution is 5.88. The maximum absolute atomic E-state index is 6.07. The topological polar surface area (TPSA) is 66.6 Å². The molecule has 0 bridgehead atoms. The van der Waals surface area contributed by atoms with Crippen molar-refractivity contribution in [1.29, 1.82) is 0 Å². The molecule has 0 saturated carbocycles. The summed E-state index contributed by atoms with van der Waals surface area (Å²) in [6, 6.07) is 5.54. The molecule has 0 fully saturated rings. The van der Waals surface area contributed by atoms with Crippen molar-refractivity contribution in [3.63, 3.8) is 0 Å². The lowest BCUT2D eigenvalue weighted by molar-refractivity contribution is 0.355. The normalized spacial score (nSPS) is 20.3. The largest absolute Gasteiger partial charge is 0.493 e. The van der Waals surface area contributed by atoms with Crippen LogP contribution in [0.2, 0.25) is 0 Å². The van der Waals surface area contributed by atoms with Crippen LogP contribution in [0.3, 0.4) is 0 Å². The summed E-state index contributed by atoms with van der Waals surface area (Å²) in [5.74, 6) is 2.77. The summed E-state index contributed by atoms with van der Waals surface area (Å²) < 4.78 is 16.7. The molecule has 0 amide bonds. The molecular formula is C18H20N2O3. The van der Waals surface area contributed by atoms with Crippen molar-refractivity contribution in [3.05, 3.63) is 48.4 Å². The molecule has 2 aromatic rings. The summed E-state index contributed by atoms with van der Waals surface area (Å²) in [6.07, 6.45) is 8.29. The zero-order valence-electron chi connectivity index (χ0n) is 13.5. The number of allylic oxidation sites excluding steroid dienone is 1. The highest BCUT2D eigenvalue weighted by Crippen LogP contribution is 2.36. The van der Waals surface area contributed by atoms with Crippen molar-refractivity contribution in [3.8, 4) is 17.2 Å². The van der Waals surface area contributed by atoms with Crippen LogP contribution in [-0.2, 0) is 0 Å². The molecule has 23 heavy (non-hydrogen) atoms. The first kappa shape index (κ1) is 15.4. The van der Waals surface area contributed by atoms with Crippen molar-refractivity contribution < 1.29 is 14.2 Å². The van der Waals surface area contributed by atoms with Crippen LogP contribution in [0.25, 0.3) is 10.9 Å². The Morgan fingerprint density at radius 1 is 1.13 bits per heavy atom. The number of hydrogen-bond acceptors (Lipinski definition) is 5. The highest BCUT2D eigenvalue weighted by Gasteiger charge is 2.18. The van der Waals surface area contributed by atoms with Gasteiger partial charge in [-0.2, -0.15) is 0 Å². The number of ether oxygens (including phenoxy) is 3. The fourth-order valence-electron chi connectivity index (χ4n) is 2.47. The Bertz CT molecular complexity index is 794. The van der Waals surface area contributed by atoms with Gasteiger partial charge in [-0.3, -0.25) is 4.98 Å². The van der Waals surface area contributed by atoms with E-state index in [1.165, 1.54) is 0 Å². The van der Waals surface area contributed by atoms with Gasteiger partial charge in [-0.05, 0) is 37.6 Å². The molecule has 0 aliphatic heterocycles. The maximum Gasteiger partial charge on any atom is 0.162 e. The van der Waals surface area contributed by atoms with E-state index in [-0.39, 0.29) is 5.54 Å². The van der Waals surface area contributed by atoms with E-state index in [0.29, 0.717) is 17.2 Å². The van der Waals surface area contributed by atoms with Crippen molar-refractivity contribution >= 4 is 10.9 Å². The Morgan fingerprint density at radius 2 is 1.87 bits per heavy atom. The van der Waals surface area contributed by atoms with Gasteiger partial charge in [0.15, 0.2) is 11.5 Å². The Labute approximate surface area is 135 Å². The van der Waals surface area contributed by atoms with E-state index in [2.05, 4.69) is 4.98 Å². The summed E-state index contributed by atoms with van der Waals surface area (Å²) in [5.41, 5.74) is 6.53. The van der Waals surface area contributed by atoms with Gasteiger partial charge in [0.1, 0.15) is 11.5 Å². The summed E-state index contributed by atoms with van der Waals surface area (Å²) in [4.78, 5) is 4.37. The molecule has 1 heterocycles. The molecule has 0 spiro atoms. The molecule has 1 aromatic heterocycles. The van der Waals surface area contributed by atoms with E-state index in [9.17, 15) is 0 Å². The Kier molecular flexibility index (Phi) is 3.96. The summed E-state index contributed by atoms with van der Waals surface area (Å²) in [7, 11) is 3.21. The molecule has 5 nitrogen and oxygen atoms in total. The van der Waals surface area contributed by atoms with Crippen molar-refractivity contribution in [1.82, 2.24) is 4.98 Å². The number of methoxy groups -OCH3 is 2. The fraction of sp³-hybridized carbons (Fsp3) is 0.278. The number of hydrogen-bond donors (Lipinski definition) is 1. The average molecular weight is 312 g/mol. The summed E-state index contributed by atoms with van der Waals surface area (Å²) >= 11 is 0. The number of aromatic nitrogens is 1. The number of rotatable bonds is 4. The van der Waals surface area contributed by atoms with E-state index in [1.54, 1.807) is 20.4 Å². The maximum atomic E-state index is 6.07. The number of nitrogens with zero attached hydrogens (tertiary/aromatic N) is 1. The van der Waals surface area contributed by atoms with Crippen LogP contribution < -0.4 is 19.9 Å². The molecule has 1 unspecified atom stereocenters. The van der Waals surface area contributed by atoms with Gasteiger partial charge in [0.2, 0.25) is 0 Å². The first-order valence-corrected chi connectivity index (χ1v) is 7.39. The minimum atomic E-state index is -0.316. The second-order valence-corrected chi connectivity index (χ2v) is 5.79. The number of nitrogens with two attached hydrogens (primary N) is 1. The van der Waals surface area contributed by atoms with Crippen LogP contribution in [-0.4, -0.2) is 24.7 Å². The number of benzene rings is 1. The van der Waals surface area contributed by atoms with E-state index >= 15 is 0 Å². The van der Waals surface area contributed by atoms with Gasteiger partial charge in [0, 0.05) is 23.2 Å². The van der Waals surface area contributed by atoms with Crippen molar-refractivity contribution in [2.45, 2.75) is 18.9 Å². The molecule has 0 saturated heterocycles. The second kappa shape index (κ2) is 5.93. The molecule has 1 atom stereocenters. The lowest BCUT2D eigenvalue weighted by atomic mass is 9.94. The Balaban J connectivity index is 1.98. The predicted octanol–water partition coefficient (Wildman–Crippen LogP) is 3.19. The zero-order chi connectivity index (χ0) is 16.4. The average Bonchev–Trinajstić information content (AvgIpc) is 2.55. The van der Waals surface area contributed by atoms with E-state index in [0.717, 1.165) is 23.1 Å². The predicted molar refractivity (Wildman–Crippen MR) is 89.9 cm³/mol. The van der Waals surface area contributed by atoms with Crippen LogP contribution in [0.4, 0.5) is 0 Å². The van der Waals surface area contributed by atoms with Gasteiger partial charge in [-0.1, -0.05) is 6.08 Å². The first-order chi connectivity index (χ1) is 11.0. The zero-order valence-corrected chi connectivity index (χ0v) is 13.5. The minimum Gasteiger partial charge on any atom is -0.493 e. The SMILES string of the molecule is COc1cc2nccc(OC3=CCC(C)(N)C=C3)c2cc1OC. The molecule has 120 valence electrons. The third-order valence-corrected chi connectivity index (χ3v) is 3.81. The van der Waals surface area contributed by atoms with Gasteiger partial charge in [0.25, 0.3) is 0 Å². The molecule has 3 rings (SSSR count). The Hall–Kier alpha value is -2.53. The summed E-state index contributed by atoms with van der Waals surface area (Å²) in [6.45, 7) is 1.98. The van der Waals surface area contributed by atoms with Crippen LogP contribution in [0.15, 0.2) is 48.4 Å².